The van der Waals surface area contributed by atoms with Gasteiger partial charge in [-0.05, 0) is 60.7 Å². The Labute approximate surface area is 163 Å². The van der Waals surface area contributed by atoms with Crippen LogP contribution in [0.1, 0.15) is 40.7 Å². The molecule has 6 nitrogen and oxygen atoms in total. The molecule has 0 fully saturated rings. The molecule has 0 saturated carbocycles. The fourth-order valence-corrected chi connectivity index (χ4v) is 3.18. The number of anilines is 1. The van der Waals surface area contributed by atoms with Gasteiger partial charge in [0.2, 0.25) is 5.91 Å². The molecule has 2 aromatic rings. The van der Waals surface area contributed by atoms with Crippen molar-refractivity contribution in [3.05, 3.63) is 59.2 Å². The molecule has 0 atom stereocenters. The van der Waals surface area contributed by atoms with Crippen LogP contribution in [0.2, 0.25) is 0 Å². The molecule has 1 N–H and O–H groups in total. The van der Waals surface area contributed by atoms with Gasteiger partial charge in [-0.15, -0.1) is 0 Å². The third kappa shape index (κ3) is 5.19. The highest BCUT2D eigenvalue weighted by Gasteiger charge is 2.15. The monoisotopic (exact) mass is 381 g/mol. The normalized spacial score (nSPS) is 12.2. The Hall–Kier alpha value is -3.15. The molecule has 0 aromatic heterocycles. The summed E-state index contributed by atoms with van der Waals surface area (Å²) in [6.45, 7) is -0.174. The molecule has 28 heavy (non-hydrogen) atoms. The SMILES string of the molecule is COC(=O)COc1ccc(NC(=O)CCC(=O)c2ccc3c(c2)CCC3)cc1. The summed E-state index contributed by atoms with van der Waals surface area (Å²) in [5.74, 6) is -0.213. The number of amides is 1. The van der Waals surface area contributed by atoms with Gasteiger partial charge in [-0.1, -0.05) is 12.1 Å². The third-order valence-corrected chi connectivity index (χ3v) is 4.72. The number of ketones is 1. The van der Waals surface area contributed by atoms with Gasteiger partial charge in [-0.25, -0.2) is 4.79 Å². The lowest BCUT2D eigenvalue weighted by molar-refractivity contribution is -0.142. The number of carbonyl (C=O) groups is 3. The summed E-state index contributed by atoms with van der Waals surface area (Å²) in [4.78, 5) is 35.5. The Morgan fingerprint density at radius 3 is 2.46 bits per heavy atom. The third-order valence-electron chi connectivity index (χ3n) is 4.72. The number of fused-ring (bicyclic) bond motifs is 1. The molecule has 1 amide bonds. The minimum atomic E-state index is -0.467. The number of esters is 1. The van der Waals surface area contributed by atoms with Gasteiger partial charge in [0.05, 0.1) is 7.11 Å². The predicted molar refractivity (Wildman–Crippen MR) is 105 cm³/mol. The maximum atomic E-state index is 12.4. The van der Waals surface area contributed by atoms with Crippen LogP contribution in [0.4, 0.5) is 5.69 Å². The topological polar surface area (TPSA) is 81.7 Å². The van der Waals surface area contributed by atoms with Gasteiger partial charge in [-0.3, -0.25) is 9.59 Å². The van der Waals surface area contributed by atoms with Crippen LogP contribution in [0.5, 0.6) is 5.75 Å². The zero-order valence-electron chi connectivity index (χ0n) is 15.8. The lowest BCUT2D eigenvalue weighted by Crippen LogP contribution is -2.14. The van der Waals surface area contributed by atoms with E-state index in [0.29, 0.717) is 17.0 Å². The first-order valence-corrected chi connectivity index (χ1v) is 9.29. The molecular formula is C22H23NO5. The van der Waals surface area contributed by atoms with Crippen LogP contribution in [0.3, 0.4) is 0 Å². The number of rotatable bonds is 8. The van der Waals surface area contributed by atoms with E-state index in [4.69, 9.17) is 4.74 Å². The van der Waals surface area contributed by atoms with E-state index < -0.39 is 5.97 Å². The number of benzene rings is 2. The molecule has 0 bridgehead atoms. The molecule has 0 heterocycles. The van der Waals surface area contributed by atoms with Gasteiger partial charge in [0.15, 0.2) is 12.4 Å². The number of aryl methyl sites for hydroxylation is 2. The van der Waals surface area contributed by atoms with E-state index in [1.165, 1.54) is 18.2 Å². The second kappa shape index (κ2) is 9.17. The fraction of sp³-hybridized carbons (Fsp3) is 0.318. The van der Waals surface area contributed by atoms with Crippen molar-refractivity contribution >= 4 is 23.3 Å². The summed E-state index contributed by atoms with van der Waals surface area (Å²) >= 11 is 0. The van der Waals surface area contributed by atoms with Crippen LogP contribution in [-0.2, 0) is 27.2 Å². The van der Waals surface area contributed by atoms with Crippen molar-refractivity contribution in [3.8, 4) is 5.75 Å². The summed E-state index contributed by atoms with van der Waals surface area (Å²) in [7, 11) is 1.29. The molecule has 0 aliphatic heterocycles. The molecular weight excluding hydrogens is 358 g/mol. The zero-order valence-corrected chi connectivity index (χ0v) is 15.8. The van der Waals surface area contributed by atoms with Crippen LogP contribution in [0.25, 0.3) is 0 Å². The Bertz CT molecular complexity index is 873. The number of hydrogen-bond donors (Lipinski definition) is 1. The standard InChI is InChI=1S/C22H23NO5/c1-27-22(26)14-28-19-9-7-18(8-10-19)23-21(25)12-11-20(24)17-6-5-15-3-2-4-16(15)13-17/h5-10,13H,2-4,11-12,14H2,1H3,(H,23,25). The molecule has 1 aliphatic carbocycles. The fourth-order valence-electron chi connectivity index (χ4n) is 3.18. The van der Waals surface area contributed by atoms with Crippen LogP contribution in [0, 0.1) is 0 Å². The van der Waals surface area contributed by atoms with Crippen molar-refractivity contribution in [1.29, 1.82) is 0 Å². The number of Topliss-reactive ketones (excluding diaryl/α,β-unsaturated/α-hetero) is 1. The van der Waals surface area contributed by atoms with Gasteiger partial charge in [0.1, 0.15) is 5.75 Å². The molecule has 146 valence electrons. The van der Waals surface area contributed by atoms with Crippen molar-refractivity contribution < 1.29 is 23.9 Å². The molecule has 2 aromatic carbocycles. The first-order chi connectivity index (χ1) is 13.5. The number of nitrogens with one attached hydrogen (secondary N) is 1. The average Bonchev–Trinajstić information content (AvgIpc) is 3.19. The molecule has 3 rings (SSSR count). The molecule has 0 radical (unpaired) electrons. The van der Waals surface area contributed by atoms with E-state index >= 15 is 0 Å². The number of carbonyl (C=O) groups excluding carboxylic acids is 3. The van der Waals surface area contributed by atoms with Gasteiger partial charge in [0.25, 0.3) is 0 Å². The Morgan fingerprint density at radius 1 is 0.964 bits per heavy atom. The van der Waals surface area contributed by atoms with Crippen molar-refractivity contribution in [3.63, 3.8) is 0 Å². The molecule has 6 heteroatoms. The van der Waals surface area contributed by atoms with Crippen LogP contribution in [0.15, 0.2) is 42.5 Å². The minimum Gasteiger partial charge on any atom is -0.482 e. The molecule has 0 saturated heterocycles. The molecule has 1 aliphatic rings. The van der Waals surface area contributed by atoms with E-state index in [0.717, 1.165) is 19.3 Å². The maximum absolute atomic E-state index is 12.4. The van der Waals surface area contributed by atoms with Crippen molar-refractivity contribution in [2.45, 2.75) is 32.1 Å². The first-order valence-electron chi connectivity index (χ1n) is 9.29. The maximum Gasteiger partial charge on any atom is 0.343 e. The molecule has 0 spiro atoms. The Morgan fingerprint density at radius 2 is 1.71 bits per heavy atom. The van der Waals surface area contributed by atoms with Crippen molar-refractivity contribution in [2.75, 3.05) is 19.0 Å². The zero-order chi connectivity index (χ0) is 19.9. The summed E-state index contributed by atoms with van der Waals surface area (Å²) in [5, 5.41) is 2.76. The van der Waals surface area contributed by atoms with E-state index in [1.54, 1.807) is 24.3 Å². The Kier molecular flexibility index (Phi) is 6.42. The second-order valence-electron chi connectivity index (χ2n) is 6.70. The highest BCUT2D eigenvalue weighted by Crippen LogP contribution is 2.23. The Balaban J connectivity index is 1.46. The van der Waals surface area contributed by atoms with Crippen LogP contribution < -0.4 is 10.1 Å². The van der Waals surface area contributed by atoms with E-state index in [1.807, 2.05) is 18.2 Å². The van der Waals surface area contributed by atoms with Crippen LogP contribution in [-0.4, -0.2) is 31.4 Å². The van der Waals surface area contributed by atoms with Crippen molar-refractivity contribution in [1.82, 2.24) is 0 Å². The van der Waals surface area contributed by atoms with Gasteiger partial charge < -0.3 is 14.8 Å². The highest BCUT2D eigenvalue weighted by atomic mass is 16.6. The number of ether oxygens (including phenoxy) is 2. The summed E-state index contributed by atoms with van der Waals surface area (Å²) in [5.41, 5.74) is 3.86. The largest absolute Gasteiger partial charge is 0.482 e. The quantitative estimate of drug-likeness (QED) is 0.560. The van der Waals surface area contributed by atoms with E-state index in [9.17, 15) is 14.4 Å². The lowest BCUT2D eigenvalue weighted by atomic mass is 10.0. The van der Waals surface area contributed by atoms with Gasteiger partial charge >= 0.3 is 5.97 Å². The first kappa shape index (κ1) is 19.6. The summed E-state index contributed by atoms with van der Waals surface area (Å²) in [6.07, 6.45) is 3.54. The molecule has 0 unspecified atom stereocenters. The highest BCUT2D eigenvalue weighted by molar-refractivity contribution is 6.00. The number of methoxy groups -OCH3 is 1. The van der Waals surface area contributed by atoms with Crippen molar-refractivity contribution in [2.24, 2.45) is 0 Å². The summed E-state index contributed by atoms with van der Waals surface area (Å²) in [6, 6.07) is 12.5. The second-order valence-corrected chi connectivity index (χ2v) is 6.70. The number of hydrogen-bond acceptors (Lipinski definition) is 5. The summed E-state index contributed by atoms with van der Waals surface area (Å²) < 4.78 is 9.75. The predicted octanol–water partition coefficient (Wildman–Crippen LogP) is 3.33. The van der Waals surface area contributed by atoms with Crippen LogP contribution >= 0.6 is 0 Å². The van der Waals surface area contributed by atoms with E-state index in [2.05, 4.69) is 10.1 Å². The average molecular weight is 381 g/mol. The van der Waals surface area contributed by atoms with Gasteiger partial charge in [0, 0.05) is 24.1 Å². The lowest BCUT2D eigenvalue weighted by Gasteiger charge is -2.08. The van der Waals surface area contributed by atoms with E-state index in [-0.39, 0.29) is 31.1 Å². The van der Waals surface area contributed by atoms with Gasteiger partial charge in [-0.2, -0.15) is 0 Å². The minimum absolute atomic E-state index is 0.0172. The smallest absolute Gasteiger partial charge is 0.343 e.